The lowest BCUT2D eigenvalue weighted by molar-refractivity contribution is -0.383. The van der Waals surface area contributed by atoms with E-state index in [1.807, 2.05) is 0 Å². The highest BCUT2D eigenvalue weighted by Gasteiger charge is 2.15. The van der Waals surface area contributed by atoms with Gasteiger partial charge in [0.1, 0.15) is 17.9 Å². The van der Waals surface area contributed by atoms with Crippen molar-refractivity contribution in [2.45, 2.75) is 0 Å². The van der Waals surface area contributed by atoms with Crippen LogP contribution in [0, 0.1) is 10.1 Å². The Morgan fingerprint density at radius 3 is 2.62 bits per heavy atom. The van der Waals surface area contributed by atoms with E-state index in [1.165, 1.54) is 24.5 Å². The molecule has 3 N–H and O–H groups in total. The Kier molecular flexibility index (Phi) is 3.89. The monoisotopic (exact) mass is 325 g/mol. The standard InChI is InChI=1S/C15H11N5O4/c16-15(21)19-13-7-14(18-8-17-13)24-12-6-5-11(20(22)23)9-3-1-2-4-10(9)12/h1-8H,(H3,16,17,18,19,21). The molecule has 120 valence electrons. The topological polar surface area (TPSA) is 133 Å². The average molecular weight is 325 g/mol. The van der Waals surface area contributed by atoms with Gasteiger partial charge in [-0.1, -0.05) is 18.2 Å². The van der Waals surface area contributed by atoms with Gasteiger partial charge >= 0.3 is 6.03 Å². The molecule has 2 aromatic carbocycles. The minimum absolute atomic E-state index is 0.0169. The number of non-ortho nitro benzene ring substituents is 1. The van der Waals surface area contributed by atoms with E-state index in [4.69, 9.17) is 10.5 Å². The van der Waals surface area contributed by atoms with Gasteiger partial charge in [-0.05, 0) is 12.1 Å². The molecule has 0 spiro atoms. The lowest BCUT2D eigenvalue weighted by atomic mass is 10.1. The molecule has 9 nitrogen and oxygen atoms in total. The molecule has 9 heteroatoms. The Balaban J connectivity index is 2.01. The van der Waals surface area contributed by atoms with Crippen LogP contribution in [0.2, 0.25) is 0 Å². The summed E-state index contributed by atoms with van der Waals surface area (Å²) < 4.78 is 5.68. The maximum Gasteiger partial charge on any atom is 0.317 e. The molecule has 2 amide bonds. The summed E-state index contributed by atoms with van der Waals surface area (Å²) in [6.45, 7) is 0. The number of hydrogen-bond acceptors (Lipinski definition) is 6. The summed E-state index contributed by atoms with van der Waals surface area (Å²) in [4.78, 5) is 29.3. The summed E-state index contributed by atoms with van der Waals surface area (Å²) in [6, 6.07) is 10.3. The zero-order valence-corrected chi connectivity index (χ0v) is 12.2. The molecular formula is C15H11N5O4. The number of nitrogens with one attached hydrogen (secondary N) is 1. The molecule has 1 aromatic heterocycles. The van der Waals surface area contributed by atoms with E-state index < -0.39 is 11.0 Å². The normalized spacial score (nSPS) is 10.3. The number of nitro groups is 1. The van der Waals surface area contributed by atoms with Gasteiger partial charge in [-0.3, -0.25) is 15.4 Å². The van der Waals surface area contributed by atoms with Crippen molar-refractivity contribution >= 4 is 28.3 Å². The van der Waals surface area contributed by atoms with E-state index in [-0.39, 0.29) is 17.4 Å². The predicted molar refractivity (Wildman–Crippen MR) is 85.9 cm³/mol. The van der Waals surface area contributed by atoms with Gasteiger partial charge in [0.25, 0.3) is 5.69 Å². The molecule has 0 fully saturated rings. The number of nitrogens with two attached hydrogens (primary N) is 1. The predicted octanol–water partition coefficient (Wildman–Crippen LogP) is 2.82. The first-order chi connectivity index (χ1) is 11.5. The van der Waals surface area contributed by atoms with E-state index >= 15 is 0 Å². The van der Waals surface area contributed by atoms with E-state index in [1.54, 1.807) is 24.3 Å². The highest BCUT2D eigenvalue weighted by atomic mass is 16.6. The molecular weight excluding hydrogens is 314 g/mol. The van der Waals surface area contributed by atoms with Crippen molar-refractivity contribution < 1.29 is 14.5 Å². The molecule has 0 aliphatic heterocycles. The van der Waals surface area contributed by atoms with Crippen molar-refractivity contribution in [3.05, 3.63) is 58.9 Å². The first-order valence-corrected chi connectivity index (χ1v) is 6.77. The van der Waals surface area contributed by atoms with Crippen LogP contribution in [-0.2, 0) is 0 Å². The molecule has 0 unspecified atom stereocenters. The maximum atomic E-state index is 11.1. The smallest absolute Gasteiger partial charge is 0.317 e. The zero-order valence-electron chi connectivity index (χ0n) is 12.2. The number of benzene rings is 2. The van der Waals surface area contributed by atoms with Gasteiger partial charge in [-0.15, -0.1) is 0 Å². The highest BCUT2D eigenvalue weighted by molar-refractivity contribution is 5.95. The molecule has 3 rings (SSSR count). The van der Waals surface area contributed by atoms with Gasteiger partial charge in [0.05, 0.1) is 10.3 Å². The molecule has 3 aromatic rings. The van der Waals surface area contributed by atoms with Crippen molar-refractivity contribution in [1.82, 2.24) is 9.97 Å². The number of carbonyl (C=O) groups excluding carboxylic acids is 1. The molecule has 0 bridgehead atoms. The highest BCUT2D eigenvalue weighted by Crippen LogP contribution is 2.34. The fourth-order valence-electron chi connectivity index (χ4n) is 2.21. The first-order valence-electron chi connectivity index (χ1n) is 6.77. The van der Waals surface area contributed by atoms with Crippen molar-refractivity contribution in [2.24, 2.45) is 5.73 Å². The van der Waals surface area contributed by atoms with Crippen LogP contribution in [0.25, 0.3) is 10.8 Å². The summed E-state index contributed by atoms with van der Waals surface area (Å²) in [5.41, 5.74) is 5.01. The second-order valence-corrected chi connectivity index (χ2v) is 4.72. The first kappa shape index (κ1) is 15.2. The van der Waals surface area contributed by atoms with Gasteiger partial charge in [0.2, 0.25) is 5.88 Å². The van der Waals surface area contributed by atoms with Crippen LogP contribution in [0.3, 0.4) is 0 Å². The Morgan fingerprint density at radius 2 is 1.92 bits per heavy atom. The second kappa shape index (κ2) is 6.16. The molecule has 0 radical (unpaired) electrons. The van der Waals surface area contributed by atoms with Crippen LogP contribution >= 0.6 is 0 Å². The number of primary amides is 1. The van der Waals surface area contributed by atoms with Crippen molar-refractivity contribution in [3.8, 4) is 11.6 Å². The van der Waals surface area contributed by atoms with Crippen LogP contribution in [0.15, 0.2) is 48.8 Å². The molecule has 0 atom stereocenters. The number of urea groups is 1. The maximum absolute atomic E-state index is 11.1. The van der Waals surface area contributed by atoms with Gasteiger partial charge in [0.15, 0.2) is 0 Å². The number of rotatable bonds is 4. The van der Waals surface area contributed by atoms with Crippen molar-refractivity contribution in [1.29, 1.82) is 0 Å². The van der Waals surface area contributed by atoms with Crippen LogP contribution in [-0.4, -0.2) is 20.9 Å². The van der Waals surface area contributed by atoms with Crippen LogP contribution in [0.1, 0.15) is 0 Å². The minimum atomic E-state index is -0.763. The van der Waals surface area contributed by atoms with Gasteiger partial charge < -0.3 is 10.5 Å². The number of aromatic nitrogens is 2. The molecule has 0 aliphatic rings. The fourth-order valence-corrected chi connectivity index (χ4v) is 2.21. The van der Waals surface area contributed by atoms with Gasteiger partial charge in [0, 0.05) is 17.5 Å². The lowest BCUT2D eigenvalue weighted by Gasteiger charge is -2.09. The molecule has 1 heterocycles. The fraction of sp³-hybridized carbons (Fsp3) is 0. The van der Waals surface area contributed by atoms with E-state index in [0.717, 1.165) is 0 Å². The summed E-state index contributed by atoms with van der Waals surface area (Å²) in [6.07, 6.45) is 1.20. The molecule has 0 saturated heterocycles. The number of nitrogens with zero attached hydrogens (tertiary/aromatic N) is 3. The summed E-state index contributed by atoms with van der Waals surface area (Å²) in [5, 5.41) is 14.4. The third-order valence-electron chi connectivity index (χ3n) is 3.17. The quantitative estimate of drug-likeness (QED) is 0.559. The van der Waals surface area contributed by atoms with Crippen LogP contribution in [0.5, 0.6) is 11.6 Å². The third kappa shape index (κ3) is 3.04. The Hall–Kier alpha value is -3.75. The zero-order chi connectivity index (χ0) is 17.1. The molecule has 24 heavy (non-hydrogen) atoms. The summed E-state index contributed by atoms with van der Waals surface area (Å²) in [5.74, 6) is 0.728. The van der Waals surface area contributed by atoms with Gasteiger partial charge in [-0.25, -0.2) is 14.8 Å². The number of carbonyl (C=O) groups is 1. The van der Waals surface area contributed by atoms with Crippen LogP contribution < -0.4 is 15.8 Å². The average Bonchev–Trinajstić information content (AvgIpc) is 2.54. The lowest BCUT2D eigenvalue weighted by Crippen LogP contribution is -2.20. The number of amides is 2. The summed E-state index contributed by atoms with van der Waals surface area (Å²) in [7, 11) is 0. The van der Waals surface area contributed by atoms with Crippen LogP contribution in [0.4, 0.5) is 16.3 Å². The Morgan fingerprint density at radius 1 is 1.17 bits per heavy atom. The van der Waals surface area contributed by atoms with E-state index in [0.29, 0.717) is 16.5 Å². The second-order valence-electron chi connectivity index (χ2n) is 4.72. The largest absolute Gasteiger partial charge is 0.438 e. The SMILES string of the molecule is NC(=O)Nc1cc(Oc2ccc([N+](=O)[O-])c3ccccc23)ncn1. The molecule has 0 aliphatic carbocycles. The summed E-state index contributed by atoms with van der Waals surface area (Å²) >= 11 is 0. The Labute approximate surface area is 135 Å². The number of ether oxygens (including phenoxy) is 1. The van der Waals surface area contributed by atoms with Crippen molar-refractivity contribution in [3.63, 3.8) is 0 Å². The van der Waals surface area contributed by atoms with Gasteiger partial charge in [-0.2, -0.15) is 0 Å². The minimum Gasteiger partial charge on any atom is -0.438 e. The number of nitro benzene ring substituents is 1. The Bertz CT molecular complexity index is 944. The number of hydrogen-bond donors (Lipinski definition) is 2. The van der Waals surface area contributed by atoms with Crippen molar-refractivity contribution in [2.75, 3.05) is 5.32 Å². The number of anilines is 1. The third-order valence-corrected chi connectivity index (χ3v) is 3.17. The van der Waals surface area contributed by atoms with E-state index in [2.05, 4.69) is 15.3 Å². The van der Waals surface area contributed by atoms with E-state index in [9.17, 15) is 14.9 Å². The molecule has 0 saturated carbocycles. The number of fused-ring (bicyclic) bond motifs is 1.